The van der Waals surface area contributed by atoms with E-state index in [4.69, 9.17) is 5.11 Å². The molecule has 4 nitrogen and oxygen atoms in total. The van der Waals surface area contributed by atoms with Crippen molar-refractivity contribution in [2.24, 2.45) is 0 Å². The van der Waals surface area contributed by atoms with Gasteiger partial charge in [0.25, 0.3) is 0 Å². The Bertz CT molecular complexity index is 540. The Labute approximate surface area is 121 Å². The molecular formula is C15H23NO3S. The first-order chi connectivity index (χ1) is 9.59. The van der Waals surface area contributed by atoms with Gasteiger partial charge in [-0.25, -0.2) is 8.42 Å². The Balaban J connectivity index is 2.31. The van der Waals surface area contributed by atoms with Gasteiger partial charge < -0.3 is 5.11 Å². The molecule has 20 heavy (non-hydrogen) atoms. The number of aliphatic hydroxyl groups excluding tert-OH is 1. The zero-order chi connectivity index (χ0) is 14.6. The summed E-state index contributed by atoms with van der Waals surface area (Å²) in [5.74, 6) is 0. The highest BCUT2D eigenvalue weighted by atomic mass is 32.2. The van der Waals surface area contributed by atoms with E-state index >= 15 is 0 Å². The summed E-state index contributed by atoms with van der Waals surface area (Å²) < 4.78 is 27.2. The summed E-state index contributed by atoms with van der Waals surface area (Å²) >= 11 is 0. The molecule has 0 saturated carbocycles. The molecule has 112 valence electrons. The van der Waals surface area contributed by atoms with E-state index in [9.17, 15) is 8.42 Å². The van der Waals surface area contributed by atoms with Gasteiger partial charge in [-0.05, 0) is 37.0 Å². The lowest BCUT2D eigenvalue weighted by atomic mass is 10.0. The van der Waals surface area contributed by atoms with Crippen molar-refractivity contribution in [1.29, 1.82) is 0 Å². The van der Waals surface area contributed by atoms with Crippen molar-refractivity contribution in [3.8, 4) is 0 Å². The number of hydrogen-bond acceptors (Lipinski definition) is 3. The van der Waals surface area contributed by atoms with Crippen LogP contribution in [0.25, 0.3) is 0 Å². The molecule has 0 aromatic heterocycles. The van der Waals surface area contributed by atoms with Gasteiger partial charge in [-0.2, -0.15) is 4.31 Å². The van der Waals surface area contributed by atoms with E-state index in [0.29, 0.717) is 17.0 Å². The van der Waals surface area contributed by atoms with Crippen LogP contribution in [0, 0.1) is 0 Å². The predicted molar refractivity (Wildman–Crippen MR) is 78.8 cm³/mol. The molecule has 0 radical (unpaired) electrons. The molecule has 0 amide bonds. The molecule has 1 atom stereocenters. The SMILES string of the molecule is CCCC1CCCCN1S(=O)(=O)c1cccc(CO)c1. The van der Waals surface area contributed by atoms with E-state index in [1.54, 1.807) is 28.6 Å². The second-order valence-corrected chi connectivity index (χ2v) is 7.25. The fourth-order valence-corrected chi connectivity index (χ4v) is 4.65. The van der Waals surface area contributed by atoms with Crippen LogP contribution in [0.2, 0.25) is 0 Å². The number of hydrogen-bond donors (Lipinski definition) is 1. The predicted octanol–water partition coefficient (Wildman–Crippen LogP) is 2.52. The summed E-state index contributed by atoms with van der Waals surface area (Å²) in [5.41, 5.74) is 0.634. The van der Waals surface area contributed by atoms with Gasteiger partial charge in [0.1, 0.15) is 0 Å². The molecule has 2 rings (SSSR count). The minimum absolute atomic E-state index is 0.122. The lowest BCUT2D eigenvalue weighted by Gasteiger charge is -2.34. The molecule has 1 N–H and O–H groups in total. The quantitative estimate of drug-likeness (QED) is 0.908. The Morgan fingerprint density at radius 1 is 1.35 bits per heavy atom. The normalized spacial score (nSPS) is 21.0. The molecular weight excluding hydrogens is 274 g/mol. The highest BCUT2D eigenvalue weighted by Gasteiger charge is 2.32. The summed E-state index contributed by atoms with van der Waals surface area (Å²) in [5, 5.41) is 9.17. The molecule has 1 aliphatic heterocycles. The fraction of sp³-hybridized carbons (Fsp3) is 0.600. The topological polar surface area (TPSA) is 57.6 Å². The van der Waals surface area contributed by atoms with Gasteiger partial charge in [-0.15, -0.1) is 0 Å². The Kier molecular flexibility index (Phi) is 5.18. The Morgan fingerprint density at radius 2 is 2.15 bits per heavy atom. The van der Waals surface area contributed by atoms with E-state index in [2.05, 4.69) is 6.92 Å². The highest BCUT2D eigenvalue weighted by molar-refractivity contribution is 7.89. The molecule has 1 aromatic carbocycles. The van der Waals surface area contributed by atoms with E-state index in [0.717, 1.165) is 32.1 Å². The van der Waals surface area contributed by atoms with Crippen molar-refractivity contribution in [3.63, 3.8) is 0 Å². The average molecular weight is 297 g/mol. The van der Waals surface area contributed by atoms with Crippen molar-refractivity contribution in [1.82, 2.24) is 4.31 Å². The van der Waals surface area contributed by atoms with Crippen LogP contribution in [0.5, 0.6) is 0 Å². The molecule has 0 spiro atoms. The first-order valence-electron chi connectivity index (χ1n) is 7.31. The van der Waals surface area contributed by atoms with Crippen LogP contribution in [-0.2, 0) is 16.6 Å². The van der Waals surface area contributed by atoms with Crippen LogP contribution in [-0.4, -0.2) is 30.4 Å². The van der Waals surface area contributed by atoms with Crippen LogP contribution in [0.4, 0.5) is 0 Å². The van der Waals surface area contributed by atoms with Crippen molar-refractivity contribution in [3.05, 3.63) is 29.8 Å². The van der Waals surface area contributed by atoms with Crippen molar-refractivity contribution < 1.29 is 13.5 Å². The lowest BCUT2D eigenvalue weighted by Crippen LogP contribution is -2.43. The summed E-state index contributed by atoms with van der Waals surface area (Å²) in [7, 11) is -3.44. The maximum atomic E-state index is 12.8. The first-order valence-corrected chi connectivity index (χ1v) is 8.75. The molecule has 1 fully saturated rings. The molecule has 0 bridgehead atoms. The monoisotopic (exact) mass is 297 g/mol. The lowest BCUT2D eigenvalue weighted by molar-refractivity contribution is 0.239. The molecule has 0 aliphatic carbocycles. The third-order valence-electron chi connectivity index (χ3n) is 3.88. The molecule has 1 unspecified atom stereocenters. The molecule has 1 saturated heterocycles. The Hall–Kier alpha value is -0.910. The van der Waals surface area contributed by atoms with Gasteiger partial charge in [0.15, 0.2) is 0 Å². The minimum Gasteiger partial charge on any atom is -0.392 e. The molecule has 5 heteroatoms. The van der Waals surface area contributed by atoms with Crippen LogP contribution < -0.4 is 0 Å². The summed E-state index contributed by atoms with van der Waals surface area (Å²) in [6.07, 6.45) is 4.89. The van der Waals surface area contributed by atoms with Crippen LogP contribution in [0.1, 0.15) is 44.6 Å². The summed E-state index contributed by atoms with van der Waals surface area (Å²) in [4.78, 5) is 0.298. The largest absolute Gasteiger partial charge is 0.392 e. The maximum absolute atomic E-state index is 12.8. The first kappa shape index (κ1) is 15.5. The number of piperidine rings is 1. The Morgan fingerprint density at radius 3 is 2.85 bits per heavy atom. The maximum Gasteiger partial charge on any atom is 0.243 e. The van der Waals surface area contributed by atoms with Crippen LogP contribution in [0.15, 0.2) is 29.2 Å². The second-order valence-electron chi connectivity index (χ2n) is 5.36. The van der Waals surface area contributed by atoms with Crippen molar-refractivity contribution >= 4 is 10.0 Å². The highest BCUT2D eigenvalue weighted by Crippen LogP contribution is 2.28. The zero-order valence-corrected chi connectivity index (χ0v) is 12.8. The van der Waals surface area contributed by atoms with E-state index < -0.39 is 10.0 Å². The molecule has 1 heterocycles. The third kappa shape index (κ3) is 3.22. The van der Waals surface area contributed by atoms with Gasteiger partial charge in [0.2, 0.25) is 10.0 Å². The zero-order valence-electron chi connectivity index (χ0n) is 12.0. The van der Waals surface area contributed by atoms with Gasteiger partial charge in [-0.1, -0.05) is 31.9 Å². The van der Waals surface area contributed by atoms with Gasteiger partial charge in [-0.3, -0.25) is 0 Å². The molecule has 1 aliphatic rings. The summed E-state index contributed by atoms with van der Waals surface area (Å²) in [6, 6.07) is 6.74. The van der Waals surface area contributed by atoms with Gasteiger partial charge in [0, 0.05) is 12.6 Å². The number of benzene rings is 1. The smallest absolute Gasteiger partial charge is 0.243 e. The number of rotatable bonds is 5. The van der Waals surface area contributed by atoms with E-state index in [-0.39, 0.29) is 12.6 Å². The minimum atomic E-state index is -3.44. The summed E-state index contributed by atoms with van der Waals surface area (Å²) in [6.45, 7) is 2.56. The molecule has 1 aromatic rings. The van der Waals surface area contributed by atoms with Gasteiger partial charge in [0.05, 0.1) is 11.5 Å². The van der Waals surface area contributed by atoms with Crippen molar-refractivity contribution in [2.45, 2.75) is 56.6 Å². The second kappa shape index (κ2) is 6.70. The van der Waals surface area contributed by atoms with E-state index in [1.165, 1.54) is 0 Å². The fourth-order valence-electron chi connectivity index (χ4n) is 2.85. The van der Waals surface area contributed by atoms with Gasteiger partial charge >= 0.3 is 0 Å². The van der Waals surface area contributed by atoms with Crippen LogP contribution >= 0.6 is 0 Å². The third-order valence-corrected chi connectivity index (χ3v) is 5.83. The van der Waals surface area contributed by atoms with Crippen molar-refractivity contribution in [2.75, 3.05) is 6.54 Å². The average Bonchev–Trinajstić information content (AvgIpc) is 2.48. The van der Waals surface area contributed by atoms with Crippen LogP contribution in [0.3, 0.4) is 0 Å². The standard InChI is InChI=1S/C15H23NO3S/c1-2-6-14-8-3-4-10-16(14)20(18,19)15-9-5-7-13(11-15)12-17/h5,7,9,11,14,17H,2-4,6,8,10,12H2,1H3. The van der Waals surface area contributed by atoms with E-state index in [1.807, 2.05) is 0 Å². The number of nitrogens with zero attached hydrogens (tertiary/aromatic N) is 1. The number of aliphatic hydroxyl groups is 1. The number of sulfonamides is 1.